The molecule has 0 aliphatic carbocycles. The van der Waals surface area contributed by atoms with Gasteiger partial charge in [0.25, 0.3) is 5.91 Å². The topological polar surface area (TPSA) is 52.6 Å². The van der Waals surface area contributed by atoms with Gasteiger partial charge in [-0.25, -0.2) is 5.48 Å². The van der Waals surface area contributed by atoms with Crippen molar-refractivity contribution >= 4 is 18.1 Å². The van der Waals surface area contributed by atoms with Gasteiger partial charge >= 0.3 is 0 Å². The van der Waals surface area contributed by atoms with Crippen molar-refractivity contribution in [2.75, 3.05) is 6.54 Å². The lowest BCUT2D eigenvalue weighted by molar-refractivity contribution is -0.124. The first-order valence-electron chi connectivity index (χ1n) is 8.47. The van der Waals surface area contributed by atoms with Crippen molar-refractivity contribution in [2.45, 2.75) is 18.9 Å². The number of likely N-dealkylation sites (tertiary alicyclic amines) is 1. The van der Waals surface area contributed by atoms with E-state index in [0.29, 0.717) is 6.04 Å². The second-order valence-electron chi connectivity index (χ2n) is 6.10. The Labute approximate surface area is 148 Å². The van der Waals surface area contributed by atoms with Crippen molar-refractivity contribution in [3.63, 3.8) is 0 Å². The summed E-state index contributed by atoms with van der Waals surface area (Å²) < 4.78 is 0. The van der Waals surface area contributed by atoms with Gasteiger partial charge in [0, 0.05) is 18.8 Å². The van der Waals surface area contributed by atoms with Crippen LogP contribution in [-0.2, 0) is 4.79 Å². The molecule has 0 saturated carbocycles. The van der Waals surface area contributed by atoms with E-state index in [2.05, 4.69) is 41.4 Å². The Hall–Kier alpha value is -2.85. The van der Waals surface area contributed by atoms with Crippen LogP contribution >= 0.6 is 0 Å². The first kappa shape index (κ1) is 17.0. The molecule has 1 aliphatic heterocycles. The molecule has 1 atom stereocenters. The van der Waals surface area contributed by atoms with Crippen molar-refractivity contribution in [3.8, 4) is 0 Å². The zero-order valence-corrected chi connectivity index (χ0v) is 14.0. The number of hydrogen-bond acceptors (Lipinski definition) is 3. The van der Waals surface area contributed by atoms with Crippen molar-refractivity contribution in [3.05, 3.63) is 83.6 Å². The van der Waals surface area contributed by atoms with Crippen LogP contribution in [0.25, 0.3) is 12.2 Å². The van der Waals surface area contributed by atoms with Crippen LogP contribution in [0, 0.1) is 0 Å². The van der Waals surface area contributed by atoms with Crippen molar-refractivity contribution in [1.82, 2.24) is 10.4 Å². The number of rotatable bonds is 5. The second-order valence-corrected chi connectivity index (χ2v) is 6.10. The summed E-state index contributed by atoms with van der Waals surface area (Å²) in [5, 5.41) is 8.50. The summed E-state index contributed by atoms with van der Waals surface area (Å²) in [7, 11) is 0. The van der Waals surface area contributed by atoms with Crippen molar-refractivity contribution in [2.24, 2.45) is 0 Å². The van der Waals surface area contributed by atoms with E-state index in [9.17, 15) is 4.79 Å². The van der Waals surface area contributed by atoms with Gasteiger partial charge in [-0.15, -0.1) is 0 Å². The largest absolute Gasteiger partial charge is 0.370 e. The van der Waals surface area contributed by atoms with E-state index < -0.39 is 5.91 Å². The maximum atomic E-state index is 11.0. The average molecular weight is 334 g/mol. The molecule has 1 saturated heterocycles. The summed E-state index contributed by atoms with van der Waals surface area (Å²) in [5.74, 6) is -0.530. The summed E-state index contributed by atoms with van der Waals surface area (Å²) >= 11 is 0. The zero-order chi connectivity index (χ0) is 17.5. The predicted molar refractivity (Wildman–Crippen MR) is 99.6 cm³/mol. The molecule has 2 aromatic carbocycles. The van der Waals surface area contributed by atoms with Gasteiger partial charge < -0.3 is 4.90 Å². The molecule has 1 unspecified atom stereocenters. The lowest BCUT2D eigenvalue weighted by atomic mass is 10.0. The molecule has 1 heterocycles. The Kier molecular flexibility index (Phi) is 5.65. The molecule has 0 bridgehead atoms. The third kappa shape index (κ3) is 4.58. The number of amides is 1. The van der Waals surface area contributed by atoms with Gasteiger partial charge in [0.1, 0.15) is 0 Å². The van der Waals surface area contributed by atoms with Crippen molar-refractivity contribution in [1.29, 1.82) is 0 Å². The summed E-state index contributed by atoms with van der Waals surface area (Å²) in [6.07, 6.45) is 9.65. The fraction of sp³-hybridized carbons (Fsp3) is 0.190. The van der Waals surface area contributed by atoms with E-state index >= 15 is 0 Å². The highest BCUT2D eigenvalue weighted by Crippen LogP contribution is 2.32. The molecule has 0 radical (unpaired) electrons. The Morgan fingerprint density at radius 3 is 2.48 bits per heavy atom. The van der Waals surface area contributed by atoms with Crippen LogP contribution in [-0.4, -0.2) is 22.6 Å². The van der Waals surface area contributed by atoms with Gasteiger partial charge in [-0.05, 0) is 41.7 Å². The van der Waals surface area contributed by atoms with Crippen LogP contribution in [0.2, 0.25) is 0 Å². The number of carbonyl (C=O) groups is 1. The average Bonchev–Trinajstić information content (AvgIpc) is 3.14. The molecule has 0 aromatic heterocycles. The van der Waals surface area contributed by atoms with E-state index in [4.69, 9.17) is 5.21 Å². The van der Waals surface area contributed by atoms with Crippen LogP contribution < -0.4 is 5.48 Å². The van der Waals surface area contributed by atoms with Gasteiger partial charge in [0.15, 0.2) is 0 Å². The monoisotopic (exact) mass is 334 g/mol. The minimum atomic E-state index is -0.530. The van der Waals surface area contributed by atoms with Crippen molar-refractivity contribution < 1.29 is 10.0 Å². The zero-order valence-electron chi connectivity index (χ0n) is 14.0. The van der Waals surface area contributed by atoms with Crippen LogP contribution in [0.5, 0.6) is 0 Å². The highest BCUT2D eigenvalue weighted by Gasteiger charge is 2.23. The predicted octanol–water partition coefficient (Wildman–Crippen LogP) is 4.01. The van der Waals surface area contributed by atoms with Crippen LogP contribution in [0.4, 0.5) is 0 Å². The summed E-state index contributed by atoms with van der Waals surface area (Å²) in [6.45, 7) is 1.06. The van der Waals surface area contributed by atoms with Crippen LogP contribution in [0.15, 0.2) is 66.9 Å². The minimum absolute atomic E-state index is 0.388. The first-order chi connectivity index (χ1) is 12.3. The Morgan fingerprint density at radius 1 is 1.04 bits per heavy atom. The third-order valence-electron chi connectivity index (χ3n) is 4.41. The lowest BCUT2D eigenvalue weighted by Gasteiger charge is -2.23. The maximum absolute atomic E-state index is 11.0. The quantitative estimate of drug-likeness (QED) is 0.493. The number of benzene rings is 2. The van der Waals surface area contributed by atoms with E-state index in [-0.39, 0.29) is 0 Å². The molecular weight excluding hydrogens is 312 g/mol. The van der Waals surface area contributed by atoms with Gasteiger partial charge in [-0.1, -0.05) is 54.6 Å². The number of carbonyl (C=O) groups excluding carboxylic acids is 1. The van der Waals surface area contributed by atoms with Gasteiger partial charge in [0.05, 0.1) is 6.04 Å². The normalized spacial score (nSPS) is 17.5. The van der Waals surface area contributed by atoms with Gasteiger partial charge in [-0.3, -0.25) is 10.0 Å². The number of nitrogens with one attached hydrogen (secondary N) is 1. The first-order valence-corrected chi connectivity index (χ1v) is 8.47. The van der Waals surface area contributed by atoms with Gasteiger partial charge in [0.2, 0.25) is 0 Å². The number of hydroxylamine groups is 1. The second kappa shape index (κ2) is 8.31. The number of hydrogen-bond donors (Lipinski definition) is 2. The summed E-state index contributed by atoms with van der Waals surface area (Å²) in [4.78, 5) is 13.4. The lowest BCUT2D eigenvalue weighted by Crippen LogP contribution is -2.16. The molecule has 4 heteroatoms. The van der Waals surface area contributed by atoms with Crippen LogP contribution in [0.3, 0.4) is 0 Å². The Balaban J connectivity index is 1.69. The molecule has 1 fully saturated rings. The van der Waals surface area contributed by atoms with E-state index in [1.807, 2.05) is 30.3 Å². The molecule has 2 aromatic rings. The van der Waals surface area contributed by atoms with E-state index in [1.165, 1.54) is 23.6 Å². The fourth-order valence-electron chi connectivity index (χ4n) is 3.11. The third-order valence-corrected chi connectivity index (χ3v) is 4.41. The summed E-state index contributed by atoms with van der Waals surface area (Å²) in [6, 6.07) is 18.9. The molecule has 25 heavy (non-hydrogen) atoms. The molecule has 2 N–H and O–H groups in total. The fourth-order valence-corrected chi connectivity index (χ4v) is 3.11. The van der Waals surface area contributed by atoms with Gasteiger partial charge in [-0.2, -0.15) is 0 Å². The Morgan fingerprint density at radius 2 is 1.76 bits per heavy atom. The number of nitrogens with zero attached hydrogens (tertiary/aromatic N) is 1. The SMILES string of the molecule is O=C(/C=C/c1ccc(C2CCCN2/C=C/c2ccccc2)cc1)NO. The smallest absolute Gasteiger partial charge is 0.267 e. The Bertz CT molecular complexity index is 751. The molecule has 0 spiro atoms. The highest BCUT2D eigenvalue weighted by atomic mass is 16.5. The highest BCUT2D eigenvalue weighted by molar-refractivity contribution is 5.90. The molecular formula is C21H22N2O2. The standard InChI is InChI=1S/C21H22N2O2/c24-21(22-25)13-10-18-8-11-19(12-9-18)20-7-4-15-23(20)16-14-17-5-2-1-3-6-17/h1-3,5-6,8-14,16,20,25H,4,7,15H2,(H,22,24)/b13-10+,16-14+. The molecule has 1 amide bonds. The molecule has 1 aliphatic rings. The van der Waals surface area contributed by atoms with Crippen LogP contribution in [0.1, 0.15) is 35.6 Å². The molecule has 3 rings (SSSR count). The van der Waals surface area contributed by atoms with E-state index in [0.717, 1.165) is 18.5 Å². The van der Waals surface area contributed by atoms with E-state index in [1.54, 1.807) is 11.6 Å². The molecule has 128 valence electrons. The maximum Gasteiger partial charge on any atom is 0.267 e. The minimum Gasteiger partial charge on any atom is -0.370 e. The molecule has 4 nitrogen and oxygen atoms in total. The summed E-state index contributed by atoms with van der Waals surface area (Å²) in [5.41, 5.74) is 4.99.